The molecule has 0 spiro atoms. The summed E-state index contributed by atoms with van der Waals surface area (Å²) in [5.74, 6) is 0.0179. The number of nitrogens with zero attached hydrogens (tertiary/aromatic N) is 2. The van der Waals surface area contributed by atoms with Crippen LogP contribution in [0, 0.1) is 6.92 Å². The monoisotopic (exact) mass is 489 g/mol. The van der Waals surface area contributed by atoms with E-state index < -0.39 is 16.0 Å². The van der Waals surface area contributed by atoms with Gasteiger partial charge in [-0.1, -0.05) is 35.0 Å². The highest BCUT2D eigenvalue weighted by Crippen LogP contribution is 2.37. The maximum Gasteiger partial charge on any atom is 0.361 e. The maximum atomic E-state index is 13.6. The summed E-state index contributed by atoms with van der Waals surface area (Å²) < 4.78 is 49.2. The molecule has 0 atom stereocenters. The number of hydrogen-bond acceptors (Lipinski definition) is 8. The third-order valence-electron chi connectivity index (χ3n) is 5.10. The van der Waals surface area contributed by atoms with Crippen LogP contribution in [-0.4, -0.2) is 38.4 Å². The van der Waals surface area contributed by atoms with Gasteiger partial charge in [0.15, 0.2) is 11.5 Å². The first-order valence-electron chi connectivity index (χ1n) is 9.60. The van der Waals surface area contributed by atoms with Gasteiger partial charge in [-0.25, -0.2) is 17.5 Å². The summed E-state index contributed by atoms with van der Waals surface area (Å²) in [6, 6.07) is 11.2. The lowest BCUT2D eigenvalue weighted by Gasteiger charge is -2.17. The van der Waals surface area contributed by atoms with Crippen molar-refractivity contribution in [3.63, 3.8) is 0 Å². The number of halogens is 1. The number of aromatic amines is 1. The predicted molar refractivity (Wildman–Crippen MR) is 118 cm³/mol. The van der Waals surface area contributed by atoms with E-state index >= 15 is 0 Å². The molecule has 2 aromatic heterocycles. The molecule has 0 bridgehead atoms. The second kappa shape index (κ2) is 7.71. The first-order chi connectivity index (χ1) is 15.8. The fraction of sp³-hybridized carbons (Fsp3) is 0.143. The minimum atomic E-state index is -4.32. The van der Waals surface area contributed by atoms with Gasteiger partial charge in [-0.05, 0) is 25.1 Å². The second-order valence-electron chi connectivity index (χ2n) is 7.14. The molecule has 5 rings (SSSR count). The molecule has 12 heteroatoms. The van der Waals surface area contributed by atoms with Gasteiger partial charge in [0.1, 0.15) is 27.1 Å². The highest BCUT2D eigenvalue weighted by atomic mass is 35.5. The number of aromatic nitrogens is 2. The van der Waals surface area contributed by atoms with Crippen LogP contribution in [0.3, 0.4) is 0 Å². The Bertz CT molecular complexity index is 1510. The van der Waals surface area contributed by atoms with Crippen molar-refractivity contribution >= 4 is 44.4 Å². The molecule has 0 unspecified atom stereocenters. The molecule has 0 fully saturated rings. The van der Waals surface area contributed by atoms with Crippen LogP contribution in [0.15, 0.2) is 51.9 Å². The van der Waals surface area contributed by atoms with Gasteiger partial charge in [-0.2, -0.15) is 0 Å². The molecule has 10 nitrogen and oxygen atoms in total. The first kappa shape index (κ1) is 21.2. The zero-order valence-corrected chi connectivity index (χ0v) is 18.9. The molecular weight excluding hydrogens is 474 g/mol. The van der Waals surface area contributed by atoms with E-state index in [0.29, 0.717) is 28.1 Å². The van der Waals surface area contributed by atoms with Crippen LogP contribution in [0.5, 0.6) is 17.2 Å². The van der Waals surface area contributed by atoms with Crippen molar-refractivity contribution in [2.75, 3.05) is 18.1 Å². The fourth-order valence-corrected chi connectivity index (χ4v) is 5.13. The number of aryl methyl sites for hydroxylation is 1. The number of carbonyl (C=O) groups is 1. The molecule has 1 N–H and O–H groups in total. The number of H-pyrrole nitrogens is 1. The quantitative estimate of drug-likeness (QED) is 0.330. The third kappa shape index (κ3) is 3.45. The molecule has 0 amide bonds. The summed E-state index contributed by atoms with van der Waals surface area (Å²) in [5.41, 5.74) is 0.505. The Balaban J connectivity index is 1.59. The Labute approximate surface area is 192 Å². The van der Waals surface area contributed by atoms with Gasteiger partial charge < -0.3 is 23.7 Å². The molecule has 0 radical (unpaired) electrons. The van der Waals surface area contributed by atoms with E-state index in [4.69, 9.17) is 30.3 Å². The van der Waals surface area contributed by atoms with Crippen LogP contribution < -0.4 is 18.5 Å². The summed E-state index contributed by atoms with van der Waals surface area (Å²) in [6.07, 6.45) is 0. The number of nitrogens with one attached hydrogen (secondary N) is 1. The van der Waals surface area contributed by atoms with Crippen LogP contribution in [-0.2, 0) is 10.0 Å². The number of para-hydroxylation sites is 1. The van der Waals surface area contributed by atoms with Crippen LogP contribution in [0.4, 0.5) is 5.88 Å². The van der Waals surface area contributed by atoms with Crippen molar-refractivity contribution in [2.24, 2.45) is 0 Å². The number of esters is 1. The highest BCUT2D eigenvalue weighted by molar-refractivity contribution is 7.93. The van der Waals surface area contributed by atoms with Crippen LogP contribution in [0.2, 0.25) is 5.02 Å². The number of carbonyl (C=O) groups excluding carboxylic acids is 1. The summed E-state index contributed by atoms with van der Waals surface area (Å²) in [7, 11) is -3.06. The SMILES string of the molecule is Cc1noc(N(C)S(=O)(=O)c2c(C(=O)Oc3ccc4c(c3)OCO4)[nH]c3ccccc23)c1Cl. The van der Waals surface area contributed by atoms with Crippen molar-refractivity contribution in [3.8, 4) is 17.2 Å². The van der Waals surface area contributed by atoms with Gasteiger partial charge in [0.25, 0.3) is 15.9 Å². The van der Waals surface area contributed by atoms with Crippen molar-refractivity contribution in [2.45, 2.75) is 11.8 Å². The average Bonchev–Trinajstić information content (AvgIpc) is 3.50. The molecule has 170 valence electrons. The Morgan fingerprint density at radius 2 is 1.94 bits per heavy atom. The van der Waals surface area contributed by atoms with Crippen molar-refractivity contribution in [1.82, 2.24) is 10.1 Å². The molecule has 1 aliphatic heterocycles. The van der Waals surface area contributed by atoms with Gasteiger partial charge in [0.05, 0.1) is 0 Å². The smallest absolute Gasteiger partial charge is 0.361 e. The van der Waals surface area contributed by atoms with E-state index in [2.05, 4.69) is 10.1 Å². The Kier molecular flexibility index (Phi) is 4.94. The minimum Gasteiger partial charge on any atom is -0.454 e. The molecule has 2 aromatic carbocycles. The molecule has 0 saturated heterocycles. The highest BCUT2D eigenvalue weighted by Gasteiger charge is 2.35. The minimum absolute atomic E-state index is 0.0467. The van der Waals surface area contributed by atoms with Gasteiger partial charge in [0, 0.05) is 24.0 Å². The topological polar surface area (TPSA) is 124 Å². The van der Waals surface area contributed by atoms with E-state index in [1.165, 1.54) is 19.2 Å². The second-order valence-corrected chi connectivity index (χ2v) is 9.42. The van der Waals surface area contributed by atoms with Crippen molar-refractivity contribution in [1.29, 1.82) is 0 Å². The number of sulfonamides is 1. The Hall–Kier alpha value is -3.70. The number of fused-ring (bicyclic) bond motifs is 2. The van der Waals surface area contributed by atoms with Gasteiger partial charge in [0.2, 0.25) is 6.79 Å². The van der Waals surface area contributed by atoms with Crippen molar-refractivity contribution in [3.05, 3.63) is 58.9 Å². The summed E-state index contributed by atoms with van der Waals surface area (Å²) in [5, 5.41) is 4.05. The lowest BCUT2D eigenvalue weighted by molar-refractivity contribution is 0.0725. The lowest BCUT2D eigenvalue weighted by atomic mass is 10.2. The normalized spacial score (nSPS) is 12.8. The maximum absolute atomic E-state index is 13.6. The lowest BCUT2D eigenvalue weighted by Crippen LogP contribution is -2.28. The van der Waals surface area contributed by atoms with E-state index in [0.717, 1.165) is 4.31 Å². The largest absolute Gasteiger partial charge is 0.454 e. The van der Waals surface area contributed by atoms with Gasteiger partial charge >= 0.3 is 5.97 Å². The third-order valence-corrected chi connectivity index (χ3v) is 7.36. The van der Waals surface area contributed by atoms with E-state index in [1.807, 2.05) is 0 Å². The standard InChI is InChI=1S/C21H16ClN3O7S/c1-11-17(22)20(32-24-11)25(2)33(27,28)19-13-5-3-4-6-14(13)23-18(19)21(26)31-12-7-8-15-16(9-12)30-10-29-15/h3-9,23H,10H2,1-2H3. The van der Waals surface area contributed by atoms with Gasteiger partial charge in [-0.15, -0.1) is 0 Å². The Morgan fingerprint density at radius 1 is 1.18 bits per heavy atom. The predicted octanol–water partition coefficient (Wildman–Crippen LogP) is 3.89. The van der Waals surface area contributed by atoms with Crippen LogP contribution in [0.25, 0.3) is 10.9 Å². The average molecular weight is 490 g/mol. The number of rotatable bonds is 5. The molecule has 4 aromatic rings. The van der Waals surface area contributed by atoms with Gasteiger partial charge in [-0.3, -0.25) is 0 Å². The number of anilines is 1. The fourth-order valence-electron chi connectivity index (χ4n) is 3.41. The van der Waals surface area contributed by atoms with Crippen LogP contribution >= 0.6 is 11.6 Å². The summed E-state index contributed by atoms with van der Waals surface area (Å²) >= 11 is 6.16. The number of benzene rings is 2. The summed E-state index contributed by atoms with van der Waals surface area (Å²) in [6.45, 7) is 1.64. The zero-order valence-electron chi connectivity index (χ0n) is 17.3. The Morgan fingerprint density at radius 3 is 2.70 bits per heavy atom. The molecule has 1 aliphatic rings. The first-order valence-corrected chi connectivity index (χ1v) is 11.4. The van der Waals surface area contributed by atoms with E-state index in [9.17, 15) is 13.2 Å². The molecule has 0 aliphatic carbocycles. The molecule has 0 saturated carbocycles. The number of hydrogen-bond donors (Lipinski definition) is 1. The van der Waals surface area contributed by atoms with Crippen LogP contribution in [0.1, 0.15) is 16.2 Å². The number of ether oxygens (including phenoxy) is 3. The van der Waals surface area contributed by atoms with E-state index in [-0.39, 0.29) is 34.0 Å². The summed E-state index contributed by atoms with van der Waals surface area (Å²) in [4.78, 5) is 15.7. The zero-order chi connectivity index (χ0) is 23.3. The molecule has 33 heavy (non-hydrogen) atoms. The van der Waals surface area contributed by atoms with E-state index in [1.54, 1.807) is 37.3 Å². The molecule has 3 heterocycles. The van der Waals surface area contributed by atoms with Crippen molar-refractivity contribution < 1.29 is 31.9 Å². The molecular formula is C21H16ClN3O7S.